The van der Waals surface area contributed by atoms with Crippen molar-refractivity contribution in [3.8, 4) is 0 Å². The van der Waals surface area contributed by atoms with E-state index in [1.54, 1.807) is 25.7 Å². The number of anilines is 4. The van der Waals surface area contributed by atoms with Gasteiger partial charge in [0.2, 0.25) is 11.9 Å². The topological polar surface area (TPSA) is 159 Å². The number of para-hydroxylation sites is 2. The number of benzene rings is 2. The Kier molecular flexibility index (Phi) is 6.89. The quantitative estimate of drug-likeness (QED) is 0.294. The van der Waals surface area contributed by atoms with Crippen LogP contribution in [0.25, 0.3) is 22.3 Å². The first-order chi connectivity index (χ1) is 19.6. The van der Waals surface area contributed by atoms with Gasteiger partial charge in [-0.3, -0.25) is 27.9 Å². The first-order valence-corrected chi connectivity index (χ1v) is 12.5. The van der Waals surface area contributed by atoms with Crippen LogP contribution in [0.2, 0.25) is 0 Å². The summed E-state index contributed by atoms with van der Waals surface area (Å²) in [4.78, 5) is 59.6. The average molecular weight is 557 g/mol. The molecule has 14 heteroatoms. The molecule has 4 heterocycles. The van der Waals surface area contributed by atoms with Gasteiger partial charge in [-0.15, -0.1) is 0 Å². The lowest BCUT2D eigenvalue weighted by molar-refractivity contribution is 0.705. The summed E-state index contributed by atoms with van der Waals surface area (Å²) in [6.07, 6.45) is 0. The van der Waals surface area contributed by atoms with Crippen LogP contribution in [0.1, 0.15) is 0 Å². The zero-order valence-electron chi connectivity index (χ0n) is 23.0. The van der Waals surface area contributed by atoms with Crippen LogP contribution < -0.4 is 33.1 Å². The largest absolute Gasteiger partial charge is 0.332 e. The fourth-order valence-corrected chi connectivity index (χ4v) is 4.32. The molecule has 41 heavy (non-hydrogen) atoms. The third-order valence-corrected chi connectivity index (χ3v) is 6.64. The minimum Gasteiger partial charge on any atom is -0.326 e. The van der Waals surface area contributed by atoms with E-state index in [9.17, 15) is 19.2 Å². The van der Waals surface area contributed by atoms with E-state index in [0.717, 1.165) is 20.5 Å². The van der Waals surface area contributed by atoms with Crippen molar-refractivity contribution in [1.82, 2.24) is 37.8 Å². The van der Waals surface area contributed by atoms with Crippen molar-refractivity contribution in [1.29, 1.82) is 0 Å². The highest BCUT2D eigenvalue weighted by atomic mass is 16.2. The van der Waals surface area contributed by atoms with Crippen LogP contribution in [-0.4, -0.2) is 37.8 Å². The molecule has 6 aromatic rings. The summed E-state index contributed by atoms with van der Waals surface area (Å²) in [5.74, 6) is 0.930. The normalized spacial score (nSPS) is 11.0. The lowest BCUT2D eigenvalue weighted by atomic mass is 10.3. The SMILES string of the molecule is Cn1c(=O)c2[nH]c(Nc3ccccc3)nc2n(C)c1=O.Cn1c(=O)c2c(nc(Nc3ccccc3)n2C)n(C)c1=O. The van der Waals surface area contributed by atoms with Crippen molar-refractivity contribution in [2.45, 2.75) is 0 Å². The van der Waals surface area contributed by atoms with E-state index in [-0.39, 0.29) is 5.56 Å². The zero-order chi connectivity index (χ0) is 29.4. The molecule has 0 saturated heterocycles. The first-order valence-electron chi connectivity index (χ1n) is 12.5. The summed E-state index contributed by atoms with van der Waals surface area (Å²) in [6.45, 7) is 0. The molecular formula is C27H28N10O4. The predicted molar refractivity (Wildman–Crippen MR) is 157 cm³/mol. The molecular weight excluding hydrogens is 528 g/mol. The standard InChI is InChI=1S/C14H15N5O2.C13H13N5O2/c1-17-10-11(18(2)14(21)19(3)12(10)20)16-13(17)15-9-7-5-4-6-8-9;1-17-10-9(11(19)18(2)13(17)20)15-12(16-10)14-8-6-4-3-5-7-8/h4-8H,1-3H3,(H,15,16);3-7H,1-2H3,(H2,14,15,16). The van der Waals surface area contributed by atoms with Gasteiger partial charge >= 0.3 is 11.4 Å². The van der Waals surface area contributed by atoms with E-state index in [4.69, 9.17) is 0 Å². The van der Waals surface area contributed by atoms with Crippen molar-refractivity contribution in [2.24, 2.45) is 35.2 Å². The molecule has 0 unspecified atom stereocenters. The third-order valence-electron chi connectivity index (χ3n) is 6.64. The van der Waals surface area contributed by atoms with Gasteiger partial charge in [0.1, 0.15) is 0 Å². The van der Waals surface area contributed by atoms with Crippen molar-refractivity contribution in [2.75, 3.05) is 10.6 Å². The van der Waals surface area contributed by atoms with Gasteiger partial charge in [0.15, 0.2) is 22.3 Å². The third kappa shape index (κ3) is 4.82. The average Bonchev–Trinajstić information content (AvgIpc) is 3.55. The Hall–Kier alpha value is -5.66. The Bertz CT molecular complexity index is 2130. The summed E-state index contributed by atoms with van der Waals surface area (Å²) in [7, 11) is 7.82. The molecule has 210 valence electrons. The second-order valence-electron chi connectivity index (χ2n) is 9.34. The second kappa shape index (κ2) is 10.5. The fraction of sp³-hybridized carbons (Fsp3) is 0.185. The smallest absolute Gasteiger partial charge is 0.326 e. The molecule has 0 amide bonds. The van der Waals surface area contributed by atoms with Gasteiger partial charge in [-0.1, -0.05) is 36.4 Å². The van der Waals surface area contributed by atoms with Crippen LogP contribution in [0.15, 0.2) is 79.8 Å². The first kappa shape index (κ1) is 26.9. The Morgan fingerprint density at radius 1 is 0.585 bits per heavy atom. The number of aromatic amines is 1. The number of aryl methyl sites for hydroxylation is 3. The molecule has 0 aliphatic heterocycles. The van der Waals surface area contributed by atoms with E-state index in [1.807, 2.05) is 60.7 Å². The molecule has 6 rings (SSSR count). The van der Waals surface area contributed by atoms with E-state index >= 15 is 0 Å². The Morgan fingerprint density at radius 2 is 1.10 bits per heavy atom. The van der Waals surface area contributed by atoms with E-state index < -0.39 is 16.9 Å². The fourth-order valence-electron chi connectivity index (χ4n) is 4.32. The Labute approximate surface area is 231 Å². The van der Waals surface area contributed by atoms with Crippen LogP contribution in [-0.2, 0) is 35.2 Å². The molecule has 3 N–H and O–H groups in total. The number of aromatic nitrogens is 8. The van der Waals surface area contributed by atoms with Crippen molar-refractivity contribution >= 4 is 45.6 Å². The summed E-state index contributed by atoms with van der Waals surface area (Å²) in [5, 5.41) is 6.20. The molecule has 0 spiro atoms. The summed E-state index contributed by atoms with van der Waals surface area (Å²) in [6, 6.07) is 19.0. The minimum atomic E-state index is -0.403. The summed E-state index contributed by atoms with van der Waals surface area (Å²) in [5.41, 5.74) is 1.54. The lowest BCUT2D eigenvalue weighted by Crippen LogP contribution is -2.37. The highest BCUT2D eigenvalue weighted by Crippen LogP contribution is 2.18. The lowest BCUT2D eigenvalue weighted by Gasteiger charge is -2.05. The Balaban J connectivity index is 0.000000165. The maximum atomic E-state index is 12.2. The van der Waals surface area contributed by atoms with Gasteiger partial charge in [-0.25, -0.2) is 9.59 Å². The van der Waals surface area contributed by atoms with Crippen LogP contribution >= 0.6 is 0 Å². The van der Waals surface area contributed by atoms with Crippen molar-refractivity contribution in [3.05, 3.63) is 102 Å². The van der Waals surface area contributed by atoms with Gasteiger partial charge in [-0.2, -0.15) is 9.97 Å². The summed E-state index contributed by atoms with van der Waals surface area (Å²) < 4.78 is 6.49. The zero-order valence-corrected chi connectivity index (χ0v) is 23.0. The highest BCUT2D eigenvalue weighted by Gasteiger charge is 2.17. The number of fused-ring (bicyclic) bond motifs is 2. The second-order valence-corrected chi connectivity index (χ2v) is 9.34. The van der Waals surface area contributed by atoms with Crippen LogP contribution in [0.4, 0.5) is 23.3 Å². The van der Waals surface area contributed by atoms with Crippen LogP contribution in [0.3, 0.4) is 0 Å². The number of nitrogens with zero attached hydrogens (tertiary/aromatic N) is 7. The molecule has 0 saturated carbocycles. The molecule has 0 bridgehead atoms. The number of hydrogen-bond acceptors (Lipinski definition) is 8. The van der Waals surface area contributed by atoms with Crippen molar-refractivity contribution < 1.29 is 0 Å². The minimum absolute atomic E-state index is 0.299. The molecule has 2 aromatic carbocycles. The number of nitrogens with one attached hydrogen (secondary N) is 3. The molecule has 0 radical (unpaired) electrons. The molecule has 14 nitrogen and oxygen atoms in total. The monoisotopic (exact) mass is 556 g/mol. The van der Waals surface area contributed by atoms with Crippen LogP contribution in [0, 0.1) is 0 Å². The maximum Gasteiger partial charge on any atom is 0.332 e. The molecule has 0 aliphatic carbocycles. The summed E-state index contributed by atoms with van der Waals surface area (Å²) >= 11 is 0. The number of H-pyrrole nitrogens is 1. The number of hydrogen-bond donors (Lipinski definition) is 3. The van der Waals surface area contributed by atoms with Crippen molar-refractivity contribution in [3.63, 3.8) is 0 Å². The van der Waals surface area contributed by atoms with E-state index in [2.05, 4.69) is 25.6 Å². The van der Waals surface area contributed by atoms with Gasteiger partial charge < -0.3 is 20.2 Å². The van der Waals surface area contributed by atoms with E-state index in [1.165, 1.54) is 23.2 Å². The highest BCUT2D eigenvalue weighted by molar-refractivity contribution is 5.76. The van der Waals surface area contributed by atoms with Gasteiger partial charge in [-0.05, 0) is 24.3 Å². The van der Waals surface area contributed by atoms with Gasteiger partial charge in [0.05, 0.1) is 0 Å². The van der Waals surface area contributed by atoms with Crippen LogP contribution in [0.5, 0.6) is 0 Å². The van der Waals surface area contributed by atoms with Gasteiger partial charge in [0, 0.05) is 46.6 Å². The predicted octanol–water partition coefficient (Wildman–Crippen LogP) is 1.42. The maximum absolute atomic E-state index is 12.2. The molecule has 0 fully saturated rings. The Morgan fingerprint density at radius 3 is 1.68 bits per heavy atom. The molecule has 0 atom stereocenters. The number of rotatable bonds is 4. The van der Waals surface area contributed by atoms with E-state index in [0.29, 0.717) is 34.2 Å². The van der Waals surface area contributed by atoms with Gasteiger partial charge in [0.25, 0.3) is 11.1 Å². The molecule has 4 aromatic heterocycles. The number of imidazole rings is 2. The molecule has 0 aliphatic rings.